The maximum absolute atomic E-state index is 5.35. The van der Waals surface area contributed by atoms with Crippen LogP contribution >= 0.6 is 0 Å². The zero-order valence-corrected chi connectivity index (χ0v) is 14.5. The number of fused-ring (bicyclic) bond motifs is 1. The average molecular weight is 322 g/mol. The summed E-state index contributed by atoms with van der Waals surface area (Å²) in [4.78, 5) is 4.64. The Morgan fingerprint density at radius 1 is 1.22 bits per heavy atom. The number of nitrogens with one attached hydrogen (secondary N) is 2. The van der Waals surface area contributed by atoms with E-state index in [9.17, 15) is 0 Å². The number of aliphatic imine (C=N–C) groups is 1. The Morgan fingerprint density at radius 3 is 2.96 bits per heavy atom. The minimum absolute atomic E-state index is 0.563. The number of nitrogens with zero attached hydrogens (tertiary/aromatic N) is 4. The van der Waals surface area contributed by atoms with Crippen LogP contribution in [0.4, 0.5) is 0 Å². The number of hydrogen-bond donors (Lipinski definition) is 2. The Balaban J connectivity index is 1.88. The van der Waals surface area contributed by atoms with E-state index in [1.165, 1.54) is 19.3 Å². The van der Waals surface area contributed by atoms with Crippen LogP contribution in [0.15, 0.2) is 4.99 Å². The van der Waals surface area contributed by atoms with Gasteiger partial charge in [-0.25, -0.2) is 4.99 Å². The van der Waals surface area contributed by atoms with E-state index in [2.05, 4.69) is 37.3 Å². The summed E-state index contributed by atoms with van der Waals surface area (Å²) < 4.78 is 7.59. The largest absolute Gasteiger partial charge is 0.382 e. The van der Waals surface area contributed by atoms with E-state index >= 15 is 0 Å². The quantitative estimate of drug-likeness (QED) is 0.431. The van der Waals surface area contributed by atoms with E-state index in [-0.39, 0.29) is 0 Å². The fourth-order valence-electron chi connectivity index (χ4n) is 2.68. The molecule has 1 aromatic heterocycles. The zero-order chi connectivity index (χ0) is 16.3. The predicted molar refractivity (Wildman–Crippen MR) is 91.5 cm³/mol. The summed E-state index contributed by atoms with van der Waals surface area (Å²) in [7, 11) is 0. The molecule has 7 nitrogen and oxygen atoms in total. The molecule has 0 bridgehead atoms. The molecule has 0 saturated carbocycles. The van der Waals surface area contributed by atoms with Gasteiger partial charge in [-0.3, -0.25) is 0 Å². The highest BCUT2D eigenvalue weighted by atomic mass is 16.5. The molecule has 130 valence electrons. The zero-order valence-electron chi connectivity index (χ0n) is 14.5. The topological polar surface area (TPSA) is 76.4 Å². The molecule has 23 heavy (non-hydrogen) atoms. The Labute approximate surface area is 138 Å². The molecule has 1 aromatic rings. The molecule has 0 spiro atoms. The minimum atomic E-state index is 0.563. The Bertz CT molecular complexity index is 485. The maximum Gasteiger partial charge on any atom is 0.191 e. The molecule has 0 aromatic carbocycles. The summed E-state index contributed by atoms with van der Waals surface area (Å²) in [5, 5.41) is 15.3. The lowest BCUT2D eigenvalue weighted by Crippen LogP contribution is -2.38. The van der Waals surface area contributed by atoms with Gasteiger partial charge in [-0.2, -0.15) is 0 Å². The van der Waals surface area contributed by atoms with Crippen LogP contribution in [-0.4, -0.2) is 47.0 Å². The summed E-state index contributed by atoms with van der Waals surface area (Å²) in [6.07, 6.45) is 5.70. The number of guanidine groups is 1. The van der Waals surface area contributed by atoms with E-state index in [0.29, 0.717) is 6.54 Å². The number of aryl methyl sites for hydroxylation is 1. The van der Waals surface area contributed by atoms with Crippen LogP contribution in [0.2, 0.25) is 0 Å². The van der Waals surface area contributed by atoms with Crippen LogP contribution < -0.4 is 10.6 Å². The van der Waals surface area contributed by atoms with Gasteiger partial charge in [-0.1, -0.05) is 6.42 Å². The summed E-state index contributed by atoms with van der Waals surface area (Å²) in [5.74, 6) is 2.91. The van der Waals surface area contributed by atoms with Crippen LogP contribution in [0.3, 0.4) is 0 Å². The van der Waals surface area contributed by atoms with Crippen LogP contribution in [0.5, 0.6) is 0 Å². The molecule has 0 fully saturated rings. The van der Waals surface area contributed by atoms with Gasteiger partial charge in [0.1, 0.15) is 12.4 Å². The highest BCUT2D eigenvalue weighted by Crippen LogP contribution is 2.14. The molecule has 0 saturated heterocycles. The number of hydrogen-bond acceptors (Lipinski definition) is 4. The van der Waals surface area contributed by atoms with Gasteiger partial charge < -0.3 is 19.9 Å². The Kier molecular flexibility index (Phi) is 7.86. The third kappa shape index (κ3) is 5.82. The fraction of sp³-hybridized carbons (Fsp3) is 0.812. The third-order valence-electron chi connectivity index (χ3n) is 3.87. The Hall–Kier alpha value is -1.63. The molecule has 0 atom stereocenters. The Morgan fingerprint density at radius 2 is 2.13 bits per heavy atom. The molecular formula is C16H30N6O. The fourth-order valence-corrected chi connectivity index (χ4v) is 2.68. The molecule has 2 N–H and O–H groups in total. The van der Waals surface area contributed by atoms with Gasteiger partial charge in [0.2, 0.25) is 0 Å². The van der Waals surface area contributed by atoms with Crippen molar-refractivity contribution in [3.63, 3.8) is 0 Å². The van der Waals surface area contributed by atoms with E-state index in [0.717, 1.165) is 63.3 Å². The van der Waals surface area contributed by atoms with Crippen molar-refractivity contribution in [2.24, 2.45) is 4.99 Å². The van der Waals surface area contributed by atoms with E-state index in [1.54, 1.807) is 0 Å². The van der Waals surface area contributed by atoms with Gasteiger partial charge in [0.05, 0.1) is 0 Å². The van der Waals surface area contributed by atoms with E-state index in [1.807, 2.05) is 6.92 Å². The van der Waals surface area contributed by atoms with Crippen molar-refractivity contribution < 1.29 is 4.74 Å². The van der Waals surface area contributed by atoms with E-state index < -0.39 is 0 Å². The summed E-state index contributed by atoms with van der Waals surface area (Å²) in [5.41, 5.74) is 0. The van der Waals surface area contributed by atoms with Gasteiger partial charge in [-0.05, 0) is 33.1 Å². The molecule has 0 aliphatic carbocycles. The van der Waals surface area contributed by atoms with Crippen molar-refractivity contribution in [3.05, 3.63) is 11.6 Å². The second-order valence-electron chi connectivity index (χ2n) is 5.67. The second-order valence-corrected chi connectivity index (χ2v) is 5.67. The first-order chi connectivity index (χ1) is 11.3. The lowest BCUT2D eigenvalue weighted by Gasteiger charge is -2.11. The van der Waals surface area contributed by atoms with E-state index in [4.69, 9.17) is 4.74 Å². The predicted octanol–water partition coefficient (Wildman–Crippen LogP) is 1.49. The van der Waals surface area contributed by atoms with Crippen molar-refractivity contribution in [2.75, 3.05) is 26.3 Å². The molecule has 7 heteroatoms. The van der Waals surface area contributed by atoms with Gasteiger partial charge >= 0.3 is 0 Å². The van der Waals surface area contributed by atoms with Crippen LogP contribution in [0.25, 0.3) is 0 Å². The first-order valence-corrected chi connectivity index (χ1v) is 8.86. The number of rotatable bonds is 8. The molecule has 0 unspecified atom stereocenters. The smallest absolute Gasteiger partial charge is 0.191 e. The van der Waals surface area contributed by atoms with Crippen molar-refractivity contribution in [1.29, 1.82) is 0 Å². The molecule has 2 rings (SSSR count). The normalized spacial score (nSPS) is 15.1. The molecule has 0 amide bonds. The lowest BCUT2D eigenvalue weighted by molar-refractivity contribution is 0.145. The van der Waals surface area contributed by atoms with Crippen molar-refractivity contribution >= 4 is 5.96 Å². The highest BCUT2D eigenvalue weighted by molar-refractivity contribution is 5.79. The monoisotopic (exact) mass is 322 g/mol. The lowest BCUT2D eigenvalue weighted by atomic mass is 10.2. The van der Waals surface area contributed by atoms with Crippen LogP contribution in [0.1, 0.15) is 51.2 Å². The van der Waals surface area contributed by atoms with Crippen LogP contribution in [-0.2, 0) is 24.2 Å². The summed E-state index contributed by atoms with van der Waals surface area (Å²) >= 11 is 0. The third-order valence-corrected chi connectivity index (χ3v) is 3.87. The van der Waals surface area contributed by atoms with Gasteiger partial charge in [-0.15, -0.1) is 10.2 Å². The second kappa shape index (κ2) is 10.2. The molecule has 0 radical (unpaired) electrons. The SMILES string of the molecule is CCNC(=NCc1nnc2n1CCCCC2)NCCCOCC. The number of ether oxygens (including phenoxy) is 1. The summed E-state index contributed by atoms with van der Waals surface area (Å²) in [6, 6.07) is 0. The van der Waals surface area contributed by atoms with Crippen LogP contribution in [0, 0.1) is 0 Å². The minimum Gasteiger partial charge on any atom is -0.382 e. The maximum atomic E-state index is 5.35. The molecular weight excluding hydrogens is 292 g/mol. The van der Waals surface area contributed by atoms with Crippen molar-refractivity contribution in [1.82, 2.24) is 25.4 Å². The van der Waals surface area contributed by atoms with Gasteiger partial charge in [0.15, 0.2) is 11.8 Å². The average Bonchev–Trinajstić information content (AvgIpc) is 2.79. The first-order valence-electron chi connectivity index (χ1n) is 8.86. The highest BCUT2D eigenvalue weighted by Gasteiger charge is 2.14. The summed E-state index contributed by atoms with van der Waals surface area (Å²) in [6.45, 7) is 8.91. The number of aromatic nitrogens is 3. The molecule has 1 aliphatic rings. The standard InChI is InChI=1S/C16H30N6O/c1-3-17-16(18-10-8-12-23-4-2)19-13-15-21-20-14-9-6-5-7-11-22(14)15/h3-13H2,1-2H3,(H2,17,18,19). The van der Waals surface area contributed by atoms with Gasteiger partial charge in [0, 0.05) is 39.3 Å². The van der Waals surface area contributed by atoms with Crippen molar-refractivity contribution in [3.8, 4) is 0 Å². The first kappa shape index (κ1) is 17.7. The van der Waals surface area contributed by atoms with Crippen molar-refractivity contribution in [2.45, 2.75) is 59.0 Å². The molecule has 2 heterocycles. The molecule has 1 aliphatic heterocycles. The van der Waals surface area contributed by atoms with Gasteiger partial charge in [0.25, 0.3) is 0 Å².